The molecule has 1 rings (SSSR count). The highest BCUT2D eigenvalue weighted by Crippen LogP contribution is 2.27. The second kappa shape index (κ2) is 6.98. The average Bonchev–Trinajstić information content (AvgIpc) is 2.44. The third-order valence-electron chi connectivity index (χ3n) is 2.20. The van der Waals surface area contributed by atoms with E-state index < -0.39 is 24.6 Å². The molecule has 0 spiro atoms. The number of benzene rings is 1. The molecule has 0 aromatic heterocycles. The van der Waals surface area contributed by atoms with Crippen LogP contribution in [-0.4, -0.2) is 43.9 Å². The van der Waals surface area contributed by atoms with E-state index in [9.17, 15) is 14.4 Å². The molecule has 1 aromatic carbocycles. The van der Waals surface area contributed by atoms with Gasteiger partial charge in [0, 0.05) is 0 Å². The molecule has 0 aliphatic rings. The standard InChI is InChI=1S/C12H13NO7/c1-18-9-5-7(11(15)16)3-4-8(9)20-6-10(14)13-12(17)19-2/h3-5H,6H2,1-2H3,(H,15,16)(H,13,14,17). The third kappa shape index (κ3) is 4.16. The summed E-state index contributed by atoms with van der Waals surface area (Å²) in [4.78, 5) is 32.9. The first-order chi connectivity index (χ1) is 9.47. The van der Waals surface area contributed by atoms with Gasteiger partial charge in [0.2, 0.25) is 0 Å². The van der Waals surface area contributed by atoms with Gasteiger partial charge >= 0.3 is 12.1 Å². The molecule has 8 nitrogen and oxygen atoms in total. The lowest BCUT2D eigenvalue weighted by Gasteiger charge is -2.10. The smallest absolute Gasteiger partial charge is 0.413 e. The molecule has 2 amide bonds. The van der Waals surface area contributed by atoms with Crippen LogP contribution < -0.4 is 14.8 Å². The van der Waals surface area contributed by atoms with E-state index in [-0.39, 0.29) is 17.1 Å². The largest absolute Gasteiger partial charge is 0.493 e. The fraction of sp³-hybridized carbons (Fsp3) is 0.250. The average molecular weight is 283 g/mol. The quantitative estimate of drug-likeness (QED) is 0.816. The molecule has 0 saturated heterocycles. The Hall–Kier alpha value is -2.77. The minimum absolute atomic E-state index is 0.0215. The number of rotatable bonds is 5. The number of hydrogen-bond donors (Lipinski definition) is 2. The van der Waals surface area contributed by atoms with Crippen LogP contribution in [0.3, 0.4) is 0 Å². The van der Waals surface area contributed by atoms with Gasteiger partial charge in [-0.3, -0.25) is 10.1 Å². The number of alkyl carbamates (subject to hydrolysis) is 1. The predicted octanol–water partition coefficient (Wildman–Crippen LogP) is 0.655. The van der Waals surface area contributed by atoms with Crippen molar-refractivity contribution in [3.05, 3.63) is 23.8 Å². The van der Waals surface area contributed by atoms with Crippen molar-refractivity contribution < 1.29 is 33.7 Å². The molecule has 0 aliphatic carbocycles. The third-order valence-corrected chi connectivity index (χ3v) is 2.20. The second-order valence-electron chi connectivity index (χ2n) is 3.50. The van der Waals surface area contributed by atoms with E-state index in [4.69, 9.17) is 14.6 Å². The lowest BCUT2D eigenvalue weighted by molar-refractivity contribution is -0.122. The van der Waals surface area contributed by atoms with Crippen LogP contribution in [0.15, 0.2) is 18.2 Å². The highest BCUT2D eigenvalue weighted by Gasteiger charge is 2.12. The number of ether oxygens (including phenoxy) is 3. The molecule has 0 atom stereocenters. The van der Waals surface area contributed by atoms with Crippen LogP contribution in [0.5, 0.6) is 11.5 Å². The van der Waals surface area contributed by atoms with E-state index in [2.05, 4.69) is 4.74 Å². The van der Waals surface area contributed by atoms with Gasteiger partial charge in [0.1, 0.15) is 0 Å². The summed E-state index contributed by atoms with van der Waals surface area (Å²) in [6, 6.07) is 3.92. The van der Waals surface area contributed by atoms with Crippen LogP contribution in [0.1, 0.15) is 10.4 Å². The second-order valence-corrected chi connectivity index (χ2v) is 3.50. The summed E-state index contributed by atoms with van der Waals surface area (Å²) in [6.45, 7) is -0.447. The van der Waals surface area contributed by atoms with E-state index in [1.807, 2.05) is 5.32 Å². The van der Waals surface area contributed by atoms with Crippen molar-refractivity contribution in [3.8, 4) is 11.5 Å². The van der Waals surface area contributed by atoms with Gasteiger partial charge in [-0.25, -0.2) is 9.59 Å². The highest BCUT2D eigenvalue weighted by atomic mass is 16.5. The number of carbonyl (C=O) groups is 3. The number of carboxylic acids is 1. The summed E-state index contributed by atoms with van der Waals surface area (Å²) in [5, 5.41) is 10.7. The summed E-state index contributed by atoms with van der Waals surface area (Å²) < 4.78 is 14.3. The van der Waals surface area contributed by atoms with Crippen LogP contribution in [0.4, 0.5) is 4.79 Å². The van der Waals surface area contributed by atoms with Gasteiger partial charge in [-0.05, 0) is 18.2 Å². The molecule has 0 bridgehead atoms. The Labute approximate surface area is 114 Å². The SMILES string of the molecule is COC(=O)NC(=O)COc1ccc(C(=O)O)cc1OC. The normalized spacial score (nSPS) is 9.50. The first-order valence-corrected chi connectivity index (χ1v) is 5.40. The number of methoxy groups -OCH3 is 2. The van der Waals surface area contributed by atoms with Gasteiger partial charge < -0.3 is 19.3 Å². The summed E-state index contributed by atoms with van der Waals surface area (Å²) >= 11 is 0. The van der Waals surface area contributed by atoms with Crippen molar-refractivity contribution in [1.29, 1.82) is 0 Å². The van der Waals surface area contributed by atoms with Crippen molar-refractivity contribution in [2.24, 2.45) is 0 Å². The molecule has 8 heteroatoms. The van der Waals surface area contributed by atoms with Gasteiger partial charge in [-0.1, -0.05) is 0 Å². The first-order valence-electron chi connectivity index (χ1n) is 5.40. The Morgan fingerprint density at radius 3 is 2.45 bits per heavy atom. The number of imide groups is 1. The lowest BCUT2D eigenvalue weighted by atomic mass is 10.2. The molecule has 1 aromatic rings. The zero-order valence-electron chi connectivity index (χ0n) is 10.8. The van der Waals surface area contributed by atoms with Crippen molar-refractivity contribution in [1.82, 2.24) is 5.32 Å². The maximum atomic E-state index is 11.3. The fourth-order valence-corrected chi connectivity index (χ4v) is 1.26. The maximum absolute atomic E-state index is 11.3. The van der Waals surface area contributed by atoms with Gasteiger partial charge in [0.15, 0.2) is 18.1 Å². The molecule has 0 radical (unpaired) electrons. The van der Waals surface area contributed by atoms with Crippen LogP contribution in [0.2, 0.25) is 0 Å². The molecular weight excluding hydrogens is 270 g/mol. The molecule has 108 valence electrons. The maximum Gasteiger partial charge on any atom is 0.413 e. The molecule has 2 N–H and O–H groups in total. The Morgan fingerprint density at radius 1 is 1.20 bits per heavy atom. The Balaban J connectivity index is 2.70. The van der Waals surface area contributed by atoms with Gasteiger partial charge in [0.05, 0.1) is 19.8 Å². The summed E-state index contributed by atoms with van der Waals surface area (Å²) in [5.41, 5.74) is 0.0215. The Bertz CT molecular complexity index is 527. The zero-order chi connectivity index (χ0) is 15.1. The fourth-order valence-electron chi connectivity index (χ4n) is 1.26. The lowest BCUT2D eigenvalue weighted by Crippen LogP contribution is -2.34. The molecule has 0 unspecified atom stereocenters. The zero-order valence-corrected chi connectivity index (χ0v) is 10.8. The first kappa shape index (κ1) is 15.3. The predicted molar refractivity (Wildman–Crippen MR) is 66.0 cm³/mol. The van der Waals surface area contributed by atoms with E-state index >= 15 is 0 Å². The van der Waals surface area contributed by atoms with Crippen LogP contribution in [0, 0.1) is 0 Å². The summed E-state index contributed by atoms with van der Waals surface area (Å²) in [6.07, 6.45) is -0.896. The Kier molecular flexibility index (Phi) is 5.33. The number of hydrogen-bond acceptors (Lipinski definition) is 6. The molecule has 0 aliphatic heterocycles. The monoisotopic (exact) mass is 283 g/mol. The molecule has 0 heterocycles. The van der Waals surface area contributed by atoms with Crippen molar-refractivity contribution in [3.63, 3.8) is 0 Å². The van der Waals surface area contributed by atoms with E-state index in [0.717, 1.165) is 7.11 Å². The van der Waals surface area contributed by atoms with E-state index in [0.29, 0.717) is 0 Å². The number of carboxylic acid groups (broad SMARTS) is 1. The van der Waals surface area contributed by atoms with Crippen molar-refractivity contribution in [2.45, 2.75) is 0 Å². The van der Waals surface area contributed by atoms with Crippen LogP contribution >= 0.6 is 0 Å². The number of nitrogens with one attached hydrogen (secondary N) is 1. The van der Waals surface area contributed by atoms with Crippen molar-refractivity contribution in [2.75, 3.05) is 20.8 Å². The number of amides is 2. The molecule has 20 heavy (non-hydrogen) atoms. The van der Waals surface area contributed by atoms with Gasteiger partial charge in [-0.2, -0.15) is 0 Å². The van der Waals surface area contributed by atoms with E-state index in [1.165, 1.54) is 25.3 Å². The van der Waals surface area contributed by atoms with Crippen LogP contribution in [0.25, 0.3) is 0 Å². The number of carbonyl (C=O) groups excluding carboxylic acids is 2. The van der Waals surface area contributed by atoms with Gasteiger partial charge in [-0.15, -0.1) is 0 Å². The molecule has 0 saturated carbocycles. The van der Waals surface area contributed by atoms with E-state index in [1.54, 1.807) is 0 Å². The summed E-state index contributed by atoms with van der Waals surface area (Å²) in [5.74, 6) is -1.48. The molecular formula is C12H13NO7. The minimum atomic E-state index is -1.11. The number of aromatic carboxylic acids is 1. The molecule has 0 fully saturated rings. The topological polar surface area (TPSA) is 111 Å². The Morgan fingerprint density at radius 2 is 1.90 bits per heavy atom. The van der Waals surface area contributed by atoms with Crippen LogP contribution in [-0.2, 0) is 9.53 Å². The highest BCUT2D eigenvalue weighted by molar-refractivity contribution is 5.92. The van der Waals surface area contributed by atoms with Crippen molar-refractivity contribution >= 4 is 18.0 Å². The van der Waals surface area contributed by atoms with Gasteiger partial charge in [0.25, 0.3) is 5.91 Å². The minimum Gasteiger partial charge on any atom is -0.493 e. The summed E-state index contributed by atoms with van der Waals surface area (Å²) in [7, 11) is 2.46.